The molecule has 0 aromatic heterocycles. The summed E-state index contributed by atoms with van der Waals surface area (Å²) in [5.74, 6) is 1.52. The van der Waals surface area contributed by atoms with E-state index in [9.17, 15) is 9.59 Å². The van der Waals surface area contributed by atoms with E-state index in [1.165, 1.54) is 28.4 Å². The van der Waals surface area contributed by atoms with Gasteiger partial charge in [0.05, 0.1) is 34.1 Å². The Morgan fingerprint density at radius 2 is 1.46 bits per heavy atom. The molecular weight excluding hydrogens is 364 g/mol. The highest BCUT2D eigenvalue weighted by Gasteiger charge is 2.12. The summed E-state index contributed by atoms with van der Waals surface area (Å²) < 4.78 is 20.7. The summed E-state index contributed by atoms with van der Waals surface area (Å²) in [4.78, 5) is 24.5. The van der Waals surface area contributed by atoms with E-state index in [1.807, 2.05) is 0 Å². The summed E-state index contributed by atoms with van der Waals surface area (Å²) >= 11 is 0. The number of methoxy groups -OCH3 is 4. The number of carbonyl (C=O) groups is 2. The quantitative estimate of drug-likeness (QED) is 0.685. The molecule has 0 aliphatic heterocycles. The van der Waals surface area contributed by atoms with Gasteiger partial charge in [-0.25, -0.2) is 0 Å². The highest BCUT2D eigenvalue weighted by Crippen LogP contribution is 2.29. The van der Waals surface area contributed by atoms with Gasteiger partial charge in [0.1, 0.15) is 23.0 Å². The number of amides is 2. The smallest absolute Gasteiger partial charge is 0.251 e. The van der Waals surface area contributed by atoms with Crippen LogP contribution in [0.2, 0.25) is 0 Å². The van der Waals surface area contributed by atoms with E-state index in [1.54, 1.807) is 36.4 Å². The van der Waals surface area contributed by atoms with Crippen molar-refractivity contribution in [3.8, 4) is 23.0 Å². The molecule has 8 heteroatoms. The van der Waals surface area contributed by atoms with Gasteiger partial charge in [-0.05, 0) is 24.3 Å². The molecule has 0 aliphatic rings. The fraction of sp³-hybridized carbons (Fsp3) is 0.300. The summed E-state index contributed by atoms with van der Waals surface area (Å²) in [6, 6.07) is 9.96. The van der Waals surface area contributed by atoms with Gasteiger partial charge in [-0.3, -0.25) is 9.59 Å². The maximum atomic E-state index is 12.3. The molecule has 0 unspecified atom stereocenters. The lowest BCUT2D eigenvalue weighted by Gasteiger charge is -2.12. The number of anilines is 1. The summed E-state index contributed by atoms with van der Waals surface area (Å²) in [5.41, 5.74) is 0.877. The second-order valence-corrected chi connectivity index (χ2v) is 5.72. The van der Waals surface area contributed by atoms with Crippen molar-refractivity contribution in [2.45, 2.75) is 6.42 Å². The van der Waals surface area contributed by atoms with Gasteiger partial charge in [0.15, 0.2) is 0 Å². The van der Waals surface area contributed by atoms with Crippen molar-refractivity contribution >= 4 is 17.5 Å². The molecule has 0 fully saturated rings. The molecule has 28 heavy (non-hydrogen) atoms. The molecule has 0 saturated heterocycles. The van der Waals surface area contributed by atoms with Crippen LogP contribution >= 0.6 is 0 Å². The van der Waals surface area contributed by atoms with Crippen LogP contribution in [0.15, 0.2) is 36.4 Å². The van der Waals surface area contributed by atoms with Crippen LogP contribution in [-0.2, 0) is 4.79 Å². The van der Waals surface area contributed by atoms with E-state index in [0.29, 0.717) is 34.2 Å². The number of hydrogen-bond acceptors (Lipinski definition) is 6. The number of carbonyl (C=O) groups excluding carboxylic acids is 2. The normalized spacial score (nSPS) is 10.0. The maximum absolute atomic E-state index is 12.3. The minimum atomic E-state index is -0.330. The molecule has 8 nitrogen and oxygen atoms in total. The van der Waals surface area contributed by atoms with Crippen molar-refractivity contribution in [1.82, 2.24) is 5.32 Å². The lowest BCUT2D eigenvalue weighted by atomic mass is 10.2. The zero-order valence-electron chi connectivity index (χ0n) is 16.3. The van der Waals surface area contributed by atoms with Crippen molar-refractivity contribution in [2.75, 3.05) is 40.3 Å². The molecule has 0 spiro atoms. The molecular formula is C20H24N2O6. The molecule has 2 rings (SSSR count). The highest BCUT2D eigenvalue weighted by molar-refractivity contribution is 5.96. The first-order chi connectivity index (χ1) is 13.5. The second kappa shape index (κ2) is 10.1. The predicted molar refractivity (Wildman–Crippen MR) is 105 cm³/mol. The van der Waals surface area contributed by atoms with Crippen molar-refractivity contribution in [3.05, 3.63) is 42.0 Å². The van der Waals surface area contributed by atoms with E-state index in [4.69, 9.17) is 18.9 Å². The Kier molecular flexibility index (Phi) is 7.50. The molecule has 2 aromatic carbocycles. The third-order valence-electron chi connectivity index (χ3n) is 3.93. The van der Waals surface area contributed by atoms with Gasteiger partial charge in [0, 0.05) is 30.7 Å². The van der Waals surface area contributed by atoms with Gasteiger partial charge >= 0.3 is 0 Å². The molecule has 0 radical (unpaired) electrons. The molecule has 0 atom stereocenters. The Morgan fingerprint density at radius 3 is 2.04 bits per heavy atom. The van der Waals surface area contributed by atoms with Crippen LogP contribution in [0, 0.1) is 0 Å². The summed E-state index contributed by atoms with van der Waals surface area (Å²) in [6.45, 7) is 0.163. The van der Waals surface area contributed by atoms with Crippen LogP contribution in [0.4, 0.5) is 5.69 Å². The van der Waals surface area contributed by atoms with Crippen molar-refractivity contribution in [1.29, 1.82) is 0 Å². The van der Waals surface area contributed by atoms with Gasteiger partial charge in [-0.2, -0.15) is 0 Å². The summed E-state index contributed by atoms with van der Waals surface area (Å²) in [6.07, 6.45) is 0.0905. The maximum Gasteiger partial charge on any atom is 0.251 e. The lowest BCUT2D eigenvalue weighted by molar-refractivity contribution is -0.116. The molecule has 0 bridgehead atoms. The molecule has 2 amide bonds. The van der Waals surface area contributed by atoms with Crippen LogP contribution in [-0.4, -0.2) is 46.8 Å². The largest absolute Gasteiger partial charge is 0.497 e. The first-order valence-electron chi connectivity index (χ1n) is 8.53. The van der Waals surface area contributed by atoms with E-state index in [2.05, 4.69) is 10.6 Å². The standard InChI is InChI=1S/C20H24N2O6/c1-25-14-5-6-18(28-4)17(12-14)22-19(23)7-8-21-20(24)13-9-15(26-2)11-16(10-13)27-3/h5-6,9-12H,7-8H2,1-4H3,(H,21,24)(H,22,23). The second-order valence-electron chi connectivity index (χ2n) is 5.72. The Bertz CT molecular complexity index is 815. The van der Waals surface area contributed by atoms with E-state index in [0.717, 1.165) is 0 Å². The Balaban J connectivity index is 1.93. The van der Waals surface area contributed by atoms with Crippen molar-refractivity contribution < 1.29 is 28.5 Å². The number of hydrogen-bond donors (Lipinski definition) is 2. The van der Waals surface area contributed by atoms with Gasteiger partial charge < -0.3 is 29.6 Å². The number of rotatable bonds is 9. The highest BCUT2D eigenvalue weighted by atomic mass is 16.5. The average molecular weight is 388 g/mol. The Labute approximate surface area is 163 Å². The molecule has 2 N–H and O–H groups in total. The lowest BCUT2D eigenvalue weighted by Crippen LogP contribution is -2.27. The molecule has 150 valence electrons. The number of nitrogens with one attached hydrogen (secondary N) is 2. The monoisotopic (exact) mass is 388 g/mol. The van der Waals surface area contributed by atoms with Gasteiger partial charge in [-0.1, -0.05) is 0 Å². The number of benzene rings is 2. The van der Waals surface area contributed by atoms with Crippen molar-refractivity contribution in [2.24, 2.45) is 0 Å². The van der Waals surface area contributed by atoms with Crippen LogP contribution in [0.5, 0.6) is 23.0 Å². The van der Waals surface area contributed by atoms with Gasteiger partial charge in [0.2, 0.25) is 5.91 Å². The summed E-state index contributed by atoms with van der Waals surface area (Å²) in [7, 11) is 6.07. The van der Waals surface area contributed by atoms with Crippen molar-refractivity contribution in [3.63, 3.8) is 0 Å². The third-order valence-corrected chi connectivity index (χ3v) is 3.93. The predicted octanol–water partition coefficient (Wildman–Crippen LogP) is 2.48. The zero-order chi connectivity index (χ0) is 20.5. The topological polar surface area (TPSA) is 95.1 Å². The zero-order valence-corrected chi connectivity index (χ0v) is 16.3. The first-order valence-corrected chi connectivity index (χ1v) is 8.53. The Hall–Kier alpha value is -3.42. The first kappa shape index (κ1) is 20.9. The number of ether oxygens (including phenoxy) is 4. The molecule has 0 saturated carbocycles. The van der Waals surface area contributed by atoms with Gasteiger partial charge in [-0.15, -0.1) is 0 Å². The average Bonchev–Trinajstić information content (AvgIpc) is 2.72. The molecule has 0 heterocycles. The fourth-order valence-electron chi connectivity index (χ4n) is 2.45. The molecule has 0 aliphatic carbocycles. The SMILES string of the molecule is COc1cc(OC)cc(C(=O)NCCC(=O)Nc2cc(OC)ccc2OC)c1. The van der Waals surface area contributed by atoms with Crippen LogP contribution in [0.1, 0.15) is 16.8 Å². The minimum Gasteiger partial charge on any atom is -0.497 e. The van der Waals surface area contributed by atoms with E-state index in [-0.39, 0.29) is 24.8 Å². The molecule has 2 aromatic rings. The van der Waals surface area contributed by atoms with Crippen LogP contribution < -0.4 is 29.6 Å². The van der Waals surface area contributed by atoms with E-state index >= 15 is 0 Å². The van der Waals surface area contributed by atoms with Crippen LogP contribution in [0.3, 0.4) is 0 Å². The Morgan fingerprint density at radius 1 is 0.821 bits per heavy atom. The minimum absolute atomic E-state index is 0.0905. The summed E-state index contributed by atoms with van der Waals surface area (Å²) in [5, 5.41) is 5.45. The fourth-order valence-corrected chi connectivity index (χ4v) is 2.45. The third kappa shape index (κ3) is 5.54. The van der Waals surface area contributed by atoms with Crippen LogP contribution in [0.25, 0.3) is 0 Å². The van der Waals surface area contributed by atoms with E-state index < -0.39 is 0 Å². The van der Waals surface area contributed by atoms with Gasteiger partial charge in [0.25, 0.3) is 5.91 Å².